The molecule has 4 atom stereocenters. The quantitative estimate of drug-likeness (QED) is 0.0810. The topological polar surface area (TPSA) is 173 Å². The van der Waals surface area contributed by atoms with Crippen molar-refractivity contribution in [1.82, 2.24) is 40.0 Å². The number of carbonyl (C=O) groups is 4. The second-order valence-electron chi connectivity index (χ2n) is 17.8. The monoisotopic (exact) mass is 842 g/mol. The van der Waals surface area contributed by atoms with Gasteiger partial charge in [0.25, 0.3) is 0 Å². The highest BCUT2D eigenvalue weighted by Gasteiger charge is 2.39. The Balaban J connectivity index is 1.24. The van der Waals surface area contributed by atoms with Crippen LogP contribution in [0, 0.1) is 11.8 Å². The number of likely N-dealkylation sites (tertiary alicyclic amines) is 2. The number of H-pyrrole nitrogens is 1. The van der Waals surface area contributed by atoms with Gasteiger partial charge < -0.3 is 44.2 Å². The SMILES string of the molecule is COC(=O)N[C@H](C(=O)N1CCC[C@H]1c1nc2ccc(-c3ccc(-c4cnc([C@@H]5CCCN5C(=O)[C@@H](NC(=O)OC)C(C)C)n4COCC[Si](C)(C)C)cc3)cc2[nH]1)C(C)C. The van der Waals surface area contributed by atoms with Gasteiger partial charge in [-0.25, -0.2) is 19.6 Å². The zero-order valence-electron chi connectivity index (χ0n) is 36.5. The lowest BCUT2D eigenvalue weighted by molar-refractivity contribution is -0.136. The first-order valence-corrected chi connectivity index (χ1v) is 24.8. The van der Waals surface area contributed by atoms with Crippen molar-refractivity contribution in [2.24, 2.45) is 11.8 Å². The van der Waals surface area contributed by atoms with Gasteiger partial charge in [-0.2, -0.15) is 0 Å². The predicted octanol–water partition coefficient (Wildman–Crippen LogP) is 7.49. The van der Waals surface area contributed by atoms with Crippen LogP contribution in [-0.2, 0) is 30.5 Å². The van der Waals surface area contributed by atoms with Crippen LogP contribution in [0.4, 0.5) is 9.59 Å². The molecular formula is C44H62N8O7Si. The number of nitrogens with one attached hydrogen (secondary N) is 3. The molecule has 324 valence electrons. The maximum atomic E-state index is 14.0. The molecule has 2 aromatic carbocycles. The zero-order chi connectivity index (χ0) is 43.3. The number of aromatic nitrogens is 4. The first-order chi connectivity index (χ1) is 28.6. The summed E-state index contributed by atoms with van der Waals surface area (Å²) in [7, 11) is 1.26. The number of fused-ring (bicyclic) bond motifs is 1. The molecular weight excluding hydrogens is 781 g/mol. The molecule has 2 fully saturated rings. The van der Waals surface area contributed by atoms with E-state index in [9.17, 15) is 19.2 Å². The molecule has 4 heterocycles. The summed E-state index contributed by atoms with van der Waals surface area (Å²) >= 11 is 0. The summed E-state index contributed by atoms with van der Waals surface area (Å²) in [5, 5.41) is 5.45. The number of imidazole rings is 2. The van der Waals surface area contributed by atoms with Gasteiger partial charge in [-0.1, -0.05) is 77.7 Å². The van der Waals surface area contributed by atoms with Crippen LogP contribution in [0.2, 0.25) is 25.7 Å². The average Bonchev–Trinajstić information content (AvgIpc) is 4.05. The van der Waals surface area contributed by atoms with Crippen molar-refractivity contribution in [1.29, 1.82) is 0 Å². The number of nitrogens with zero attached hydrogens (tertiary/aromatic N) is 5. The molecule has 60 heavy (non-hydrogen) atoms. The van der Waals surface area contributed by atoms with Crippen LogP contribution in [0.25, 0.3) is 33.4 Å². The third-order valence-corrected chi connectivity index (χ3v) is 13.3. The molecule has 16 heteroatoms. The van der Waals surface area contributed by atoms with Gasteiger partial charge in [0.05, 0.1) is 49.2 Å². The fourth-order valence-corrected chi connectivity index (χ4v) is 8.88. The van der Waals surface area contributed by atoms with E-state index >= 15 is 0 Å². The molecule has 2 aliphatic heterocycles. The van der Waals surface area contributed by atoms with Crippen LogP contribution in [-0.4, -0.2) is 107 Å². The summed E-state index contributed by atoms with van der Waals surface area (Å²) in [4.78, 5) is 68.9. The largest absolute Gasteiger partial charge is 0.453 e. The number of ether oxygens (including phenoxy) is 3. The molecule has 0 unspecified atom stereocenters. The number of rotatable bonds is 15. The minimum Gasteiger partial charge on any atom is -0.453 e. The Morgan fingerprint density at radius 1 is 0.800 bits per heavy atom. The normalized spacial score (nSPS) is 18.0. The summed E-state index contributed by atoms with van der Waals surface area (Å²) in [6, 6.07) is 13.6. The van der Waals surface area contributed by atoms with Crippen molar-refractivity contribution >= 4 is 43.1 Å². The van der Waals surface area contributed by atoms with E-state index in [0.29, 0.717) is 26.4 Å². The molecule has 0 bridgehead atoms. The van der Waals surface area contributed by atoms with E-state index in [1.807, 2.05) is 49.8 Å². The Kier molecular flexibility index (Phi) is 14.0. The predicted molar refractivity (Wildman–Crippen MR) is 233 cm³/mol. The fraction of sp³-hybridized carbons (Fsp3) is 0.545. The van der Waals surface area contributed by atoms with Gasteiger partial charge in [0.15, 0.2) is 0 Å². The van der Waals surface area contributed by atoms with Crippen molar-refractivity contribution in [2.75, 3.05) is 33.9 Å². The minimum absolute atomic E-state index is 0.118. The zero-order valence-corrected chi connectivity index (χ0v) is 37.5. The maximum Gasteiger partial charge on any atom is 0.407 e. The number of carbonyl (C=O) groups excluding carboxylic acids is 4. The van der Waals surface area contributed by atoms with Crippen LogP contribution in [0.3, 0.4) is 0 Å². The van der Waals surface area contributed by atoms with E-state index in [1.54, 1.807) is 0 Å². The third kappa shape index (κ3) is 10.0. The molecule has 3 N–H and O–H groups in total. The third-order valence-electron chi connectivity index (χ3n) is 11.6. The highest BCUT2D eigenvalue weighted by Crippen LogP contribution is 2.37. The smallest absolute Gasteiger partial charge is 0.407 e. The number of aromatic amines is 1. The average molecular weight is 843 g/mol. The van der Waals surface area contributed by atoms with Crippen LogP contribution < -0.4 is 10.6 Å². The van der Waals surface area contributed by atoms with Gasteiger partial charge in [0, 0.05) is 27.8 Å². The summed E-state index contributed by atoms with van der Waals surface area (Å²) in [5.41, 5.74) is 5.56. The number of alkyl carbamates (subject to hydrolysis) is 2. The standard InChI is InChI=1S/C44H62N8O7Si/c1-27(2)37(48-43(55)57-5)41(53)50-20-10-12-34(50)39-46-32-19-18-31(24-33(32)47-39)29-14-16-30(17-15-29)36-25-45-40(52(36)26-59-22-23-60(7,8)9)35-13-11-21-51(35)42(54)38(28(3)4)49-44(56)58-6/h14-19,24-25,27-28,34-35,37-38H,10-13,20-23,26H2,1-9H3,(H,46,47)(H,48,55)(H,49,56)/t34-,35-,37-,38-/m0/s1. The summed E-state index contributed by atoms with van der Waals surface area (Å²) in [6.45, 7) is 16.7. The number of methoxy groups -OCH3 is 2. The second-order valence-corrected chi connectivity index (χ2v) is 23.4. The Morgan fingerprint density at radius 2 is 1.35 bits per heavy atom. The van der Waals surface area contributed by atoms with Gasteiger partial charge in [-0.15, -0.1) is 0 Å². The van der Waals surface area contributed by atoms with Crippen molar-refractivity contribution in [3.63, 3.8) is 0 Å². The molecule has 0 saturated carbocycles. The van der Waals surface area contributed by atoms with Gasteiger partial charge in [-0.05, 0) is 72.4 Å². The van der Waals surface area contributed by atoms with Crippen LogP contribution in [0.1, 0.15) is 77.1 Å². The van der Waals surface area contributed by atoms with Crippen LogP contribution >= 0.6 is 0 Å². The summed E-state index contributed by atoms with van der Waals surface area (Å²) in [5.74, 6) is 0.931. The van der Waals surface area contributed by atoms with Crippen LogP contribution in [0.5, 0.6) is 0 Å². The number of hydrogen-bond donors (Lipinski definition) is 3. The van der Waals surface area contributed by atoms with E-state index in [2.05, 4.69) is 76.2 Å². The minimum atomic E-state index is -1.33. The molecule has 6 rings (SSSR count). The van der Waals surface area contributed by atoms with Gasteiger partial charge >= 0.3 is 12.2 Å². The molecule has 4 aromatic rings. The Bertz CT molecular complexity index is 2140. The van der Waals surface area contributed by atoms with E-state index in [0.717, 1.165) is 76.8 Å². The molecule has 2 aromatic heterocycles. The van der Waals surface area contributed by atoms with E-state index in [4.69, 9.17) is 24.2 Å². The van der Waals surface area contributed by atoms with Crippen molar-refractivity contribution in [3.8, 4) is 22.4 Å². The first-order valence-electron chi connectivity index (χ1n) is 21.1. The highest BCUT2D eigenvalue weighted by molar-refractivity contribution is 6.76. The van der Waals surface area contributed by atoms with E-state index in [1.165, 1.54) is 14.2 Å². The molecule has 15 nitrogen and oxygen atoms in total. The van der Waals surface area contributed by atoms with Gasteiger partial charge in [0.2, 0.25) is 11.8 Å². The lowest BCUT2D eigenvalue weighted by Gasteiger charge is -2.31. The highest BCUT2D eigenvalue weighted by atomic mass is 28.3. The molecule has 0 spiro atoms. The lowest BCUT2D eigenvalue weighted by Crippen LogP contribution is -2.51. The summed E-state index contributed by atoms with van der Waals surface area (Å²) < 4.78 is 18.0. The fourth-order valence-electron chi connectivity index (χ4n) is 8.13. The van der Waals surface area contributed by atoms with Crippen LogP contribution in [0.15, 0.2) is 48.7 Å². The molecule has 2 saturated heterocycles. The molecule has 0 aliphatic carbocycles. The first kappa shape index (κ1) is 44.3. The van der Waals surface area contributed by atoms with E-state index < -0.39 is 32.3 Å². The van der Waals surface area contributed by atoms with E-state index in [-0.39, 0.29) is 35.7 Å². The summed E-state index contributed by atoms with van der Waals surface area (Å²) in [6.07, 6.45) is 3.77. The molecule has 0 radical (unpaired) electrons. The second kappa shape index (κ2) is 19.0. The van der Waals surface area contributed by atoms with Crippen molar-refractivity contribution in [3.05, 3.63) is 60.3 Å². The van der Waals surface area contributed by atoms with Crippen molar-refractivity contribution < 1.29 is 33.4 Å². The Hall–Kier alpha value is -5.22. The number of hydrogen-bond acceptors (Lipinski definition) is 9. The molecule has 4 amide bonds. The Morgan fingerprint density at radius 3 is 1.92 bits per heavy atom. The van der Waals surface area contributed by atoms with Gasteiger partial charge in [-0.3, -0.25) is 9.59 Å². The lowest BCUT2D eigenvalue weighted by atomic mass is 10.0. The number of benzene rings is 2. The number of amides is 4. The molecule has 2 aliphatic rings. The van der Waals surface area contributed by atoms with Gasteiger partial charge in [0.1, 0.15) is 30.5 Å². The van der Waals surface area contributed by atoms with Crippen molar-refractivity contribution in [2.45, 2.75) is 110 Å². The Labute approximate surface area is 353 Å². The maximum absolute atomic E-state index is 14.0.